The van der Waals surface area contributed by atoms with Crippen molar-refractivity contribution in [2.24, 2.45) is 0 Å². The lowest BCUT2D eigenvalue weighted by molar-refractivity contribution is 0.388. The van der Waals surface area contributed by atoms with Gasteiger partial charge in [0.15, 0.2) is 0 Å². The van der Waals surface area contributed by atoms with E-state index in [1.54, 1.807) is 19.2 Å². The molecule has 0 N–H and O–H groups in total. The summed E-state index contributed by atoms with van der Waals surface area (Å²) < 4.78 is 18.4. The van der Waals surface area contributed by atoms with Crippen molar-refractivity contribution in [3.63, 3.8) is 0 Å². The van der Waals surface area contributed by atoms with E-state index in [1.807, 2.05) is 36.4 Å². The zero-order valence-electron chi connectivity index (χ0n) is 9.93. The topological polar surface area (TPSA) is 14.2 Å². The molecule has 0 saturated heterocycles. The van der Waals surface area contributed by atoms with Gasteiger partial charge in [-0.3, -0.25) is 0 Å². The summed E-state index contributed by atoms with van der Waals surface area (Å²) in [4.78, 5) is 0.632. The summed E-state index contributed by atoms with van der Waals surface area (Å²) in [5.41, 5.74) is 2.74. The van der Waals surface area contributed by atoms with E-state index in [0.717, 1.165) is 22.3 Å². The van der Waals surface area contributed by atoms with Gasteiger partial charge in [-0.2, -0.15) is 4.79 Å². The normalized spacial score (nSPS) is 10.8. The molecule has 18 heavy (non-hydrogen) atoms. The first-order valence-corrected chi connectivity index (χ1v) is 5.69. The molecule has 3 heteroatoms. The van der Waals surface area contributed by atoms with Crippen LogP contribution in [0.15, 0.2) is 54.7 Å². The maximum atomic E-state index is 13.3. The maximum absolute atomic E-state index is 13.3. The average Bonchev–Trinajstić information content (AvgIpc) is 2.80. The molecule has 0 aliphatic rings. The summed E-state index contributed by atoms with van der Waals surface area (Å²) in [6.45, 7) is 0. The van der Waals surface area contributed by atoms with E-state index < -0.39 is 0 Å². The zero-order valence-corrected chi connectivity index (χ0v) is 9.93. The highest BCUT2D eigenvalue weighted by Gasteiger charge is 2.03. The van der Waals surface area contributed by atoms with Crippen molar-refractivity contribution in [3.8, 4) is 16.9 Å². The number of hydrogen-bond acceptors (Lipinski definition) is 1. The molecule has 0 atom stereocenters. The van der Waals surface area contributed by atoms with Crippen LogP contribution in [0.1, 0.15) is 0 Å². The van der Waals surface area contributed by atoms with Crippen molar-refractivity contribution in [1.82, 2.24) is 4.79 Å². The van der Waals surface area contributed by atoms with Crippen LogP contribution in [0.5, 0.6) is 5.75 Å². The number of nitrogens with zero attached hydrogens (tertiary/aromatic N) is 1. The monoisotopic (exact) mass is 241 g/mol. The van der Waals surface area contributed by atoms with Crippen molar-refractivity contribution in [2.45, 2.75) is 0 Å². The molecule has 1 heterocycles. The molecule has 3 rings (SSSR count). The average molecular weight is 241 g/mol. The highest BCUT2D eigenvalue weighted by Crippen LogP contribution is 2.26. The van der Waals surface area contributed by atoms with E-state index in [2.05, 4.69) is 0 Å². The summed E-state index contributed by atoms with van der Waals surface area (Å²) >= 11 is 0. The second kappa shape index (κ2) is 4.18. The molecule has 0 saturated carbocycles. The number of fused-ring (bicyclic) bond motifs is 1. The number of benzene rings is 2. The zero-order chi connectivity index (χ0) is 12.5. The van der Waals surface area contributed by atoms with Gasteiger partial charge < -0.3 is 4.74 Å². The van der Waals surface area contributed by atoms with Crippen LogP contribution in [0.25, 0.3) is 22.0 Å². The van der Waals surface area contributed by atoms with Gasteiger partial charge in [-0.25, -0.2) is 0 Å². The summed E-state index contributed by atoms with van der Waals surface area (Å²) in [6.07, 6.45) is 1.42. The second-order valence-corrected chi connectivity index (χ2v) is 4.13. The fraction of sp³-hybridized carbons (Fsp3) is 0.0667. The van der Waals surface area contributed by atoms with Gasteiger partial charge in [-0.1, -0.05) is 22.7 Å². The molecular formula is C15H12FNO. The van der Waals surface area contributed by atoms with Crippen LogP contribution < -0.4 is 4.74 Å². The Morgan fingerprint density at radius 1 is 0.944 bits per heavy atom. The number of rotatable bonds is 2. The molecule has 2 nitrogen and oxygen atoms in total. The van der Waals surface area contributed by atoms with Gasteiger partial charge in [0, 0.05) is 11.6 Å². The van der Waals surface area contributed by atoms with Gasteiger partial charge in [0.05, 0.1) is 12.6 Å². The molecule has 1 aromatic heterocycles. The highest BCUT2D eigenvalue weighted by molar-refractivity contribution is 5.85. The summed E-state index contributed by atoms with van der Waals surface area (Å²) in [6, 6.07) is 15.3. The van der Waals surface area contributed by atoms with Crippen LogP contribution in [-0.2, 0) is 0 Å². The Morgan fingerprint density at radius 2 is 1.67 bits per heavy atom. The summed E-state index contributed by atoms with van der Waals surface area (Å²) in [7, 11) is 1.64. The Morgan fingerprint density at radius 3 is 2.39 bits per heavy atom. The minimum Gasteiger partial charge on any atom is -0.497 e. The quantitative estimate of drug-likeness (QED) is 0.660. The lowest BCUT2D eigenvalue weighted by Crippen LogP contribution is -1.83. The Bertz CT molecular complexity index is 685. The third-order valence-corrected chi connectivity index (χ3v) is 3.07. The maximum Gasteiger partial charge on any atom is 0.118 e. The number of methoxy groups -OCH3 is 1. The van der Waals surface area contributed by atoms with Crippen LogP contribution in [0.2, 0.25) is 0 Å². The van der Waals surface area contributed by atoms with E-state index in [9.17, 15) is 4.48 Å². The molecular weight excluding hydrogens is 229 g/mol. The molecule has 0 spiro atoms. The largest absolute Gasteiger partial charge is 0.497 e. The lowest BCUT2D eigenvalue weighted by Gasteiger charge is -2.04. The summed E-state index contributed by atoms with van der Waals surface area (Å²) in [5, 5.41) is 0.894. The molecule has 0 fully saturated rings. The van der Waals surface area contributed by atoms with Gasteiger partial charge in [-0.15, -0.1) is 0 Å². The van der Waals surface area contributed by atoms with Crippen LogP contribution >= 0.6 is 0 Å². The number of ether oxygens (including phenoxy) is 1. The van der Waals surface area contributed by atoms with Gasteiger partial charge in [0.2, 0.25) is 0 Å². The van der Waals surface area contributed by atoms with Gasteiger partial charge in [0.25, 0.3) is 0 Å². The first-order valence-electron chi connectivity index (χ1n) is 5.69. The molecule has 2 aromatic carbocycles. The smallest absolute Gasteiger partial charge is 0.118 e. The molecule has 90 valence electrons. The van der Waals surface area contributed by atoms with E-state index in [0.29, 0.717) is 10.3 Å². The third kappa shape index (κ3) is 1.74. The fourth-order valence-electron chi connectivity index (χ4n) is 2.07. The van der Waals surface area contributed by atoms with Crippen molar-refractivity contribution >= 4 is 10.9 Å². The van der Waals surface area contributed by atoms with Crippen molar-refractivity contribution in [2.75, 3.05) is 7.11 Å². The van der Waals surface area contributed by atoms with E-state index in [-0.39, 0.29) is 0 Å². The predicted molar refractivity (Wildman–Crippen MR) is 70.4 cm³/mol. The molecule has 3 aromatic rings. The molecule has 0 aliphatic heterocycles. The fourth-order valence-corrected chi connectivity index (χ4v) is 2.07. The number of halogens is 1. The molecule has 0 bridgehead atoms. The molecule has 0 radical (unpaired) electrons. The highest BCUT2D eigenvalue weighted by atomic mass is 19.2. The molecule has 0 aliphatic carbocycles. The molecule has 0 unspecified atom stereocenters. The lowest BCUT2D eigenvalue weighted by atomic mass is 10.0. The third-order valence-electron chi connectivity index (χ3n) is 3.07. The van der Waals surface area contributed by atoms with Crippen LogP contribution in [0, 0.1) is 0 Å². The van der Waals surface area contributed by atoms with Crippen molar-refractivity contribution in [1.29, 1.82) is 0 Å². The predicted octanol–water partition coefficient (Wildman–Crippen LogP) is 4.05. The first-order chi connectivity index (χ1) is 8.78. The van der Waals surface area contributed by atoms with Crippen LogP contribution in [-0.4, -0.2) is 11.9 Å². The van der Waals surface area contributed by atoms with Crippen molar-refractivity contribution in [3.05, 3.63) is 54.7 Å². The SMILES string of the molecule is COc1ccc(-c2ccc3c(ccn3F)c2)cc1. The van der Waals surface area contributed by atoms with Gasteiger partial charge in [0.1, 0.15) is 5.75 Å². The Labute approximate surface area is 104 Å². The van der Waals surface area contributed by atoms with E-state index in [1.165, 1.54) is 6.20 Å². The standard InChI is InChI=1S/C15H12FNO/c1-18-14-5-2-11(3-6-14)12-4-7-15-13(10-12)8-9-17(15)16/h2-10H,1H3. The Hall–Kier alpha value is -2.29. The van der Waals surface area contributed by atoms with Crippen LogP contribution in [0.3, 0.4) is 0 Å². The second-order valence-electron chi connectivity index (χ2n) is 4.13. The van der Waals surface area contributed by atoms with Gasteiger partial charge in [-0.05, 0) is 41.5 Å². The summed E-state index contributed by atoms with van der Waals surface area (Å²) in [5.74, 6) is 0.828. The Balaban J connectivity index is 2.07. The minimum absolute atomic E-state index is 0.590. The van der Waals surface area contributed by atoms with Gasteiger partial charge >= 0.3 is 0 Å². The van der Waals surface area contributed by atoms with E-state index >= 15 is 0 Å². The van der Waals surface area contributed by atoms with Crippen molar-refractivity contribution < 1.29 is 9.22 Å². The number of hydrogen-bond donors (Lipinski definition) is 0. The van der Waals surface area contributed by atoms with Crippen LogP contribution in [0.4, 0.5) is 4.48 Å². The first kappa shape index (κ1) is 10.8. The number of aromatic nitrogens is 1. The minimum atomic E-state index is 0.590. The molecule has 0 amide bonds. The Kier molecular flexibility index (Phi) is 2.52. The van der Waals surface area contributed by atoms with E-state index in [4.69, 9.17) is 4.74 Å².